The highest BCUT2D eigenvalue weighted by molar-refractivity contribution is 5.08. The number of likely N-dealkylation sites (N-methyl/N-ethyl adjacent to an activating group) is 1. The highest BCUT2D eigenvalue weighted by atomic mass is 16.4. The number of furan rings is 1. The van der Waals surface area contributed by atoms with E-state index in [9.17, 15) is 5.11 Å². The smallest absolute Gasteiger partial charge is 0.136 e. The predicted molar refractivity (Wildman–Crippen MR) is 42.2 cm³/mol. The van der Waals surface area contributed by atoms with Crippen LogP contribution < -0.4 is 5.32 Å². The van der Waals surface area contributed by atoms with E-state index < -0.39 is 5.60 Å². The van der Waals surface area contributed by atoms with Gasteiger partial charge in [-0.1, -0.05) is 0 Å². The van der Waals surface area contributed by atoms with Crippen LogP contribution in [-0.4, -0.2) is 18.7 Å². The summed E-state index contributed by atoms with van der Waals surface area (Å²) >= 11 is 0. The molecule has 1 unspecified atom stereocenters. The minimum atomic E-state index is -0.905. The maximum absolute atomic E-state index is 9.72. The highest BCUT2D eigenvalue weighted by Gasteiger charge is 2.24. The molecule has 3 nitrogen and oxygen atoms in total. The molecule has 3 heteroatoms. The topological polar surface area (TPSA) is 45.4 Å². The van der Waals surface area contributed by atoms with Gasteiger partial charge < -0.3 is 14.8 Å². The highest BCUT2D eigenvalue weighted by Crippen LogP contribution is 2.19. The molecule has 0 amide bonds. The Kier molecular flexibility index (Phi) is 2.31. The van der Waals surface area contributed by atoms with Crippen LogP contribution in [-0.2, 0) is 5.60 Å². The fourth-order valence-corrected chi connectivity index (χ4v) is 1.02. The third kappa shape index (κ3) is 1.82. The molecular formula is C8H13NO2. The Morgan fingerprint density at radius 1 is 1.73 bits per heavy atom. The van der Waals surface area contributed by atoms with Crippen molar-refractivity contribution < 1.29 is 9.52 Å². The van der Waals surface area contributed by atoms with Crippen LogP contribution in [0.2, 0.25) is 0 Å². The normalized spacial score (nSPS) is 16.3. The first-order valence-electron chi connectivity index (χ1n) is 3.58. The molecule has 0 aliphatic rings. The van der Waals surface area contributed by atoms with E-state index in [0.29, 0.717) is 12.3 Å². The first kappa shape index (κ1) is 8.30. The SMILES string of the molecule is CNCC(C)(O)c1ccco1. The summed E-state index contributed by atoms with van der Waals surface area (Å²) in [4.78, 5) is 0. The molecule has 11 heavy (non-hydrogen) atoms. The monoisotopic (exact) mass is 155 g/mol. The standard InChI is InChI=1S/C8H13NO2/c1-8(10,6-9-2)7-4-3-5-11-7/h3-5,9-10H,6H2,1-2H3. The number of rotatable bonds is 3. The Labute approximate surface area is 66.0 Å². The van der Waals surface area contributed by atoms with Gasteiger partial charge in [-0.3, -0.25) is 0 Å². The summed E-state index contributed by atoms with van der Waals surface area (Å²) in [6.07, 6.45) is 1.56. The molecule has 62 valence electrons. The van der Waals surface area contributed by atoms with E-state index in [1.807, 2.05) is 0 Å². The summed E-state index contributed by atoms with van der Waals surface area (Å²) in [5, 5.41) is 12.6. The lowest BCUT2D eigenvalue weighted by Crippen LogP contribution is -2.32. The second-order valence-electron chi connectivity index (χ2n) is 2.78. The lowest BCUT2D eigenvalue weighted by Gasteiger charge is -2.19. The molecule has 1 atom stereocenters. The molecular weight excluding hydrogens is 142 g/mol. The van der Waals surface area contributed by atoms with Crippen molar-refractivity contribution in [3.05, 3.63) is 24.2 Å². The zero-order valence-corrected chi connectivity index (χ0v) is 6.79. The van der Waals surface area contributed by atoms with E-state index in [1.165, 1.54) is 0 Å². The van der Waals surface area contributed by atoms with Gasteiger partial charge in [-0.05, 0) is 26.1 Å². The summed E-state index contributed by atoms with van der Waals surface area (Å²) in [7, 11) is 1.79. The zero-order chi connectivity index (χ0) is 8.32. The van der Waals surface area contributed by atoms with Crippen LogP contribution in [0.3, 0.4) is 0 Å². The maximum atomic E-state index is 9.72. The first-order valence-corrected chi connectivity index (χ1v) is 3.58. The average Bonchev–Trinajstić information content (AvgIpc) is 2.37. The molecule has 0 aliphatic carbocycles. The van der Waals surface area contributed by atoms with Gasteiger partial charge in [0.05, 0.1) is 6.26 Å². The molecule has 0 saturated carbocycles. The predicted octanol–water partition coefficient (Wildman–Crippen LogP) is 0.707. The van der Waals surface area contributed by atoms with Gasteiger partial charge in [0.1, 0.15) is 11.4 Å². The Balaban J connectivity index is 2.73. The van der Waals surface area contributed by atoms with Gasteiger partial charge in [0, 0.05) is 6.54 Å². The van der Waals surface area contributed by atoms with Crippen molar-refractivity contribution in [2.45, 2.75) is 12.5 Å². The number of nitrogens with one attached hydrogen (secondary N) is 1. The Morgan fingerprint density at radius 3 is 2.91 bits per heavy atom. The van der Waals surface area contributed by atoms with Crippen molar-refractivity contribution in [1.29, 1.82) is 0 Å². The van der Waals surface area contributed by atoms with Crippen LogP contribution in [0.15, 0.2) is 22.8 Å². The van der Waals surface area contributed by atoms with Gasteiger partial charge in [-0.2, -0.15) is 0 Å². The third-order valence-electron chi connectivity index (χ3n) is 1.57. The Hall–Kier alpha value is -0.800. The molecule has 1 aromatic heterocycles. The summed E-state index contributed by atoms with van der Waals surface area (Å²) in [5.41, 5.74) is -0.905. The van der Waals surface area contributed by atoms with Crippen molar-refractivity contribution in [2.75, 3.05) is 13.6 Å². The fraction of sp³-hybridized carbons (Fsp3) is 0.500. The van der Waals surface area contributed by atoms with Crippen molar-refractivity contribution in [3.63, 3.8) is 0 Å². The molecule has 0 aromatic carbocycles. The average molecular weight is 155 g/mol. The van der Waals surface area contributed by atoms with E-state index in [0.717, 1.165) is 0 Å². The van der Waals surface area contributed by atoms with Gasteiger partial charge in [0.15, 0.2) is 0 Å². The molecule has 1 rings (SSSR count). The lowest BCUT2D eigenvalue weighted by molar-refractivity contribution is 0.0363. The van der Waals surface area contributed by atoms with Crippen molar-refractivity contribution in [2.24, 2.45) is 0 Å². The maximum Gasteiger partial charge on any atom is 0.136 e. The van der Waals surface area contributed by atoms with Crippen LogP contribution in [0.1, 0.15) is 12.7 Å². The van der Waals surface area contributed by atoms with Gasteiger partial charge in [0.25, 0.3) is 0 Å². The second kappa shape index (κ2) is 3.07. The molecule has 0 spiro atoms. The van der Waals surface area contributed by atoms with Crippen LogP contribution in [0, 0.1) is 0 Å². The van der Waals surface area contributed by atoms with Crippen LogP contribution in [0.25, 0.3) is 0 Å². The van der Waals surface area contributed by atoms with Gasteiger partial charge in [-0.25, -0.2) is 0 Å². The van der Waals surface area contributed by atoms with E-state index in [2.05, 4.69) is 5.32 Å². The second-order valence-corrected chi connectivity index (χ2v) is 2.78. The van der Waals surface area contributed by atoms with Crippen LogP contribution in [0.4, 0.5) is 0 Å². The van der Waals surface area contributed by atoms with Gasteiger partial charge >= 0.3 is 0 Å². The largest absolute Gasteiger partial charge is 0.466 e. The minimum absolute atomic E-state index is 0.487. The molecule has 0 fully saturated rings. The van der Waals surface area contributed by atoms with Gasteiger partial charge in [-0.15, -0.1) is 0 Å². The van der Waals surface area contributed by atoms with E-state index >= 15 is 0 Å². The number of hydrogen-bond donors (Lipinski definition) is 2. The lowest BCUT2D eigenvalue weighted by atomic mass is 10.0. The molecule has 0 aliphatic heterocycles. The molecule has 0 radical (unpaired) electrons. The minimum Gasteiger partial charge on any atom is -0.466 e. The third-order valence-corrected chi connectivity index (χ3v) is 1.57. The van der Waals surface area contributed by atoms with Crippen molar-refractivity contribution >= 4 is 0 Å². The summed E-state index contributed by atoms with van der Waals surface area (Å²) in [6.45, 7) is 2.20. The zero-order valence-electron chi connectivity index (χ0n) is 6.79. The van der Waals surface area contributed by atoms with Crippen LogP contribution in [0.5, 0.6) is 0 Å². The van der Waals surface area contributed by atoms with Crippen molar-refractivity contribution in [1.82, 2.24) is 5.32 Å². The molecule has 2 N–H and O–H groups in total. The van der Waals surface area contributed by atoms with Gasteiger partial charge in [0.2, 0.25) is 0 Å². The molecule has 1 aromatic rings. The molecule has 1 heterocycles. The van der Waals surface area contributed by atoms with E-state index in [-0.39, 0.29) is 0 Å². The Bertz CT molecular complexity index is 204. The fourth-order valence-electron chi connectivity index (χ4n) is 1.02. The number of hydrogen-bond acceptors (Lipinski definition) is 3. The molecule has 0 bridgehead atoms. The Morgan fingerprint density at radius 2 is 2.45 bits per heavy atom. The van der Waals surface area contributed by atoms with Crippen LogP contribution >= 0.6 is 0 Å². The van der Waals surface area contributed by atoms with E-state index in [1.54, 1.807) is 32.4 Å². The van der Waals surface area contributed by atoms with E-state index in [4.69, 9.17) is 4.42 Å². The summed E-state index contributed by atoms with van der Waals surface area (Å²) in [5.74, 6) is 0.590. The van der Waals surface area contributed by atoms with Crippen molar-refractivity contribution in [3.8, 4) is 0 Å². The number of aliphatic hydroxyl groups is 1. The summed E-state index contributed by atoms with van der Waals surface area (Å²) < 4.78 is 5.06. The summed E-state index contributed by atoms with van der Waals surface area (Å²) in [6, 6.07) is 3.52. The quantitative estimate of drug-likeness (QED) is 0.675. The first-order chi connectivity index (χ1) is 5.17. The molecule has 0 saturated heterocycles.